The monoisotopic (exact) mass is 256 g/mol. The van der Waals surface area contributed by atoms with Crippen LogP contribution >= 0.6 is 0 Å². The predicted molar refractivity (Wildman–Crippen MR) is 71.4 cm³/mol. The fourth-order valence-electron chi connectivity index (χ4n) is 1.75. The molecule has 0 heterocycles. The van der Waals surface area contributed by atoms with E-state index in [9.17, 15) is 4.39 Å². The van der Waals surface area contributed by atoms with Gasteiger partial charge in [0.1, 0.15) is 11.6 Å². The van der Waals surface area contributed by atoms with Crippen LogP contribution in [-0.2, 0) is 6.54 Å². The van der Waals surface area contributed by atoms with Crippen LogP contribution in [0.4, 0.5) is 10.1 Å². The van der Waals surface area contributed by atoms with Crippen LogP contribution in [0.25, 0.3) is 0 Å². The van der Waals surface area contributed by atoms with Gasteiger partial charge in [0.15, 0.2) is 0 Å². The van der Waals surface area contributed by atoms with E-state index in [1.165, 1.54) is 18.2 Å². The number of nitriles is 1. The molecule has 3 nitrogen and oxygen atoms in total. The minimum absolute atomic E-state index is 0.346. The number of rotatable bonds is 4. The Balaban J connectivity index is 2.14. The molecule has 0 radical (unpaired) electrons. The summed E-state index contributed by atoms with van der Waals surface area (Å²) < 4.78 is 18.3. The zero-order valence-electron chi connectivity index (χ0n) is 10.5. The smallest absolute Gasteiger partial charge is 0.123 e. The van der Waals surface area contributed by atoms with Crippen LogP contribution in [0.15, 0.2) is 42.5 Å². The van der Waals surface area contributed by atoms with E-state index in [4.69, 9.17) is 10.00 Å². The Labute approximate surface area is 111 Å². The first-order valence-corrected chi connectivity index (χ1v) is 5.79. The molecule has 0 aliphatic rings. The lowest BCUT2D eigenvalue weighted by molar-refractivity contribution is 0.415. The summed E-state index contributed by atoms with van der Waals surface area (Å²) in [5.41, 5.74) is 1.95. The molecule has 0 atom stereocenters. The van der Waals surface area contributed by atoms with Gasteiger partial charge in [0.05, 0.1) is 18.7 Å². The van der Waals surface area contributed by atoms with Gasteiger partial charge in [0, 0.05) is 18.3 Å². The van der Waals surface area contributed by atoms with Gasteiger partial charge in [-0.1, -0.05) is 6.07 Å². The molecule has 0 spiro atoms. The maximum Gasteiger partial charge on any atom is 0.123 e. The van der Waals surface area contributed by atoms with E-state index in [1.54, 1.807) is 7.11 Å². The van der Waals surface area contributed by atoms with Gasteiger partial charge < -0.3 is 10.1 Å². The number of halogens is 1. The summed E-state index contributed by atoms with van der Waals surface area (Å²) in [6.07, 6.45) is 0. The molecule has 0 saturated carbocycles. The Morgan fingerprint density at radius 3 is 2.84 bits per heavy atom. The molecular formula is C15H13FN2O. The molecule has 1 N–H and O–H groups in total. The van der Waals surface area contributed by atoms with E-state index in [0.717, 1.165) is 11.4 Å². The first-order chi connectivity index (χ1) is 9.22. The SMILES string of the molecule is COc1cccc(NCc2cc(F)ccc2C#N)c1. The standard InChI is InChI=1S/C15H13FN2O/c1-19-15-4-2-3-14(8-15)18-10-12-7-13(16)6-5-11(12)9-17/h2-8,18H,10H2,1H3. The average molecular weight is 256 g/mol. The minimum atomic E-state index is -0.346. The lowest BCUT2D eigenvalue weighted by atomic mass is 10.1. The molecule has 0 amide bonds. The van der Waals surface area contributed by atoms with Crippen molar-refractivity contribution in [1.82, 2.24) is 0 Å². The third-order valence-corrected chi connectivity index (χ3v) is 2.74. The summed E-state index contributed by atoms with van der Waals surface area (Å²) in [5.74, 6) is 0.395. The number of nitrogens with one attached hydrogen (secondary N) is 1. The highest BCUT2D eigenvalue weighted by molar-refractivity contribution is 5.49. The van der Waals surface area contributed by atoms with Crippen molar-refractivity contribution in [3.8, 4) is 11.8 Å². The first-order valence-electron chi connectivity index (χ1n) is 5.79. The van der Waals surface area contributed by atoms with Gasteiger partial charge in [0.2, 0.25) is 0 Å². The number of methoxy groups -OCH3 is 1. The third kappa shape index (κ3) is 3.23. The number of hydrogen-bond donors (Lipinski definition) is 1. The molecule has 19 heavy (non-hydrogen) atoms. The number of nitrogens with zero attached hydrogens (tertiary/aromatic N) is 1. The second-order valence-corrected chi connectivity index (χ2v) is 4.00. The molecule has 2 aromatic rings. The highest BCUT2D eigenvalue weighted by Gasteiger charge is 2.04. The van der Waals surface area contributed by atoms with E-state index < -0.39 is 0 Å². The van der Waals surface area contributed by atoms with Crippen LogP contribution in [0.1, 0.15) is 11.1 Å². The minimum Gasteiger partial charge on any atom is -0.497 e. The van der Waals surface area contributed by atoms with E-state index >= 15 is 0 Å². The summed E-state index contributed by atoms with van der Waals surface area (Å²) in [7, 11) is 1.60. The van der Waals surface area contributed by atoms with E-state index in [-0.39, 0.29) is 5.82 Å². The number of hydrogen-bond acceptors (Lipinski definition) is 3. The molecule has 2 aromatic carbocycles. The van der Waals surface area contributed by atoms with Gasteiger partial charge in [-0.2, -0.15) is 5.26 Å². The van der Waals surface area contributed by atoms with E-state index in [1.807, 2.05) is 24.3 Å². The second kappa shape index (κ2) is 5.87. The Morgan fingerprint density at radius 1 is 1.26 bits per heavy atom. The molecule has 0 fully saturated rings. The zero-order valence-corrected chi connectivity index (χ0v) is 10.5. The first kappa shape index (κ1) is 12.9. The van der Waals surface area contributed by atoms with Gasteiger partial charge in [0.25, 0.3) is 0 Å². The molecule has 0 aliphatic heterocycles. The largest absolute Gasteiger partial charge is 0.497 e. The molecular weight excluding hydrogens is 243 g/mol. The molecule has 0 aromatic heterocycles. The number of ether oxygens (including phenoxy) is 1. The van der Waals surface area contributed by atoms with Crippen molar-refractivity contribution in [2.45, 2.75) is 6.54 Å². The summed E-state index contributed by atoms with van der Waals surface area (Å²) in [6, 6.07) is 13.6. The molecule has 0 bridgehead atoms. The normalized spacial score (nSPS) is 9.74. The summed E-state index contributed by atoms with van der Waals surface area (Å²) in [6.45, 7) is 0.383. The van der Waals surface area contributed by atoms with E-state index in [2.05, 4.69) is 11.4 Å². The van der Waals surface area contributed by atoms with Crippen molar-refractivity contribution in [1.29, 1.82) is 5.26 Å². The van der Waals surface area contributed by atoms with Gasteiger partial charge in [-0.15, -0.1) is 0 Å². The van der Waals surface area contributed by atoms with Crippen molar-refractivity contribution in [3.63, 3.8) is 0 Å². The molecule has 4 heteroatoms. The van der Waals surface area contributed by atoms with Gasteiger partial charge in [-0.3, -0.25) is 0 Å². The Bertz CT molecular complexity index is 620. The second-order valence-electron chi connectivity index (χ2n) is 4.00. The lowest BCUT2D eigenvalue weighted by Crippen LogP contribution is -2.02. The Kier molecular flexibility index (Phi) is 3.99. The Morgan fingerprint density at radius 2 is 2.11 bits per heavy atom. The molecule has 0 unspecified atom stereocenters. The van der Waals surface area contributed by atoms with Gasteiger partial charge in [-0.25, -0.2) is 4.39 Å². The van der Waals surface area contributed by atoms with Crippen molar-refractivity contribution < 1.29 is 9.13 Å². The third-order valence-electron chi connectivity index (χ3n) is 2.74. The highest BCUT2D eigenvalue weighted by atomic mass is 19.1. The van der Waals surface area contributed by atoms with Crippen molar-refractivity contribution in [2.24, 2.45) is 0 Å². The van der Waals surface area contributed by atoms with Crippen LogP contribution in [0.5, 0.6) is 5.75 Å². The van der Waals surface area contributed by atoms with Gasteiger partial charge >= 0.3 is 0 Å². The Hall–Kier alpha value is -2.54. The molecule has 0 saturated heterocycles. The van der Waals surface area contributed by atoms with Gasteiger partial charge in [-0.05, 0) is 35.9 Å². The summed E-state index contributed by atoms with van der Waals surface area (Å²) in [5, 5.41) is 12.1. The van der Waals surface area contributed by atoms with Crippen LogP contribution < -0.4 is 10.1 Å². The molecule has 2 rings (SSSR count). The quantitative estimate of drug-likeness (QED) is 0.912. The summed E-state index contributed by atoms with van der Waals surface area (Å²) >= 11 is 0. The zero-order chi connectivity index (χ0) is 13.7. The number of benzene rings is 2. The van der Waals surface area contributed by atoms with Crippen molar-refractivity contribution in [2.75, 3.05) is 12.4 Å². The summed E-state index contributed by atoms with van der Waals surface area (Å²) in [4.78, 5) is 0. The lowest BCUT2D eigenvalue weighted by Gasteiger charge is -2.09. The highest BCUT2D eigenvalue weighted by Crippen LogP contribution is 2.18. The molecule has 96 valence electrons. The number of anilines is 1. The fraction of sp³-hybridized carbons (Fsp3) is 0.133. The van der Waals surface area contributed by atoms with Crippen LogP contribution in [0.3, 0.4) is 0 Å². The molecule has 0 aliphatic carbocycles. The average Bonchev–Trinajstić information content (AvgIpc) is 2.45. The van der Waals surface area contributed by atoms with Crippen LogP contribution in [0.2, 0.25) is 0 Å². The predicted octanol–water partition coefficient (Wildman–Crippen LogP) is 3.32. The topological polar surface area (TPSA) is 45.0 Å². The van der Waals surface area contributed by atoms with E-state index in [0.29, 0.717) is 17.7 Å². The maximum absolute atomic E-state index is 13.2. The van der Waals surface area contributed by atoms with Crippen molar-refractivity contribution >= 4 is 5.69 Å². The van der Waals surface area contributed by atoms with Crippen LogP contribution in [0, 0.1) is 17.1 Å². The fourth-order valence-corrected chi connectivity index (χ4v) is 1.75. The van der Waals surface area contributed by atoms with Crippen molar-refractivity contribution in [3.05, 3.63) is 59.4 Å². The van der Waals surface area contributed by atoms with Crippen LogP contribution in [-0.4, -0.2) is 7.11 Å². The maximum atomic E-state index is 13.2.